The second-order valence-electron chi connectivity index (χ2n) is 10.8. The van der Waals surface area contributed by atoms with Gasteiger partial charge in [-0.15, -0.1) is 0 Å². The molecule has 1 fully saturated rings. The Hall–Kier alpha value is -2.55. The summed E-state index contributed by atoms with van der Waals surface area (Å²) in [6.07, 6.45) is 8.63. The number of fused-ring (bicyclic) bond motifs is 1. The number of hydrogen-bond donors (Lipinski definition) is 2. The summed E-state index contributed by atoms with van der Waals surface area (Å²) in [4.78, 5) is 19.1. The molecule has 1 aromatic heterocycles. The zero-order chi connectivity index (χ0) is 27.6. The topological polar surface area (TPSA) is 83.9 Å². The molecule has 1 saturated heterocycles. The summed E-state index contributed by atoms with van der Waals surface area (Å²) in [5.41, 5.74) is 3.61. The van der Waals surface area contributed by atoms with Gasteiger partial charge in [-0.3, -0.25) is 9.69 Å². The number of pyridine rings is 1. The van der Waals surface area contributed by atoms with Crippen LogP contribution in [0.15, 0.2) is 30.3 Å². The number of anilines is 1. The van der Waals surface area contributed by atoms with E-state index in [1.54, 1.807) is 6.07 Å². The lowest BCUT2D eigenvalue weighted by Crippen LogP contribution is -2.34. The number of nitrogens with one attached hydrogen (secondary N) is 1. The van der Waals surface area contributed by atoms with Gasteiger partial charge in [-0.05, 0) is 86.8 Å². The molecule has 0 spiro atoms. The maximum absolute atomic E-state index is 14.3. The van der Waals surface area contributed by atoms with E-state index < -0.39 is 17.8 Å². The Morgan fingerprint density at radius 1 is 1.18 bits per heavy atom. The van der Waals surface area contributed by atoms with Crippen molar-refractivity contribution in [1.82, 2.24) is 9.88 Å². The van der Waals surface area contributed by atoms with Crippen LogP contribution in [0.3, 0.4) is 0 Å². The van der Waals surface area contributed by atoms with Crippen LogP contribution in [0.25, 0.3) is 0 Å². The number of aryl methyl sites for hydroxylation is 2. The lowest BCUT2D eigenvalue weighted by atomic mass is 9.95. The van der Waals surface area contributed by atoms with Crippen LogP contribution in [0, 0.1) is 5.82 Å². The summed E-state index contributed by atoms with van der Waals surface area (Å²) in [6, 6.07) is 7.80. The summed E-state index contributed by atoms with van der Waals surface area (Å²) in [6.45, 7) is 7.37. The lowest BCUT2D eigenvalue weighted by molar-refractivity contribution is -0.143. The number of carboxylic acids is 1. The molecule has 0 bridgehead atoms. The van der Waals surface area contributed by atoms with Crippen molar-refractivity contribution < 1.29 is 23.8 Å². The first-order valence-electron chi connectivity index (χ1n) is 14.7. The molecule has 2 aliphatic rings. The van der Waals surface area contributed by atoms with Crippen LogP contribution < -0.4 is 5.32 Å². The van der Waals surface area contributed by atoms with Gasteiger partial charge in [-0.1, -0.05) is 31.9 Å². The molecule has 1 aromatic carbocycles. The fraction of sp³-hybridized carbons (Fsp3) is 0.613. The van der Waals surface area contributed by atoms with Gasteiger partial charge in [-0.2, -0.15) is 0 Å². The van der Waals surface area contributed by atoms with Crippen molar-refractivity contribution in [1.29, 1.82) is 0 Å². The van der Waals surface area contributed by atoms with Gasteiger partial charge >= 0.3 is 5.97 Å². The number of likely N-dealkylation sites (tertiary alicyclic amines) is 1. The highest BCUT2D eigenvalue weighted by Crippen LogP contribution is 2.33. The molecule has 8 heteroatoms. The largest absolute Gasteiger partial charge is 0.480 e. The summed E-state index contributed by atoms with van der Waals surface area (Å²) in [5.74, 6) is -0.380. The molecule has 7 nitrogen and oxygen atoms in total. The molecule has 4 rings (SSSR count). The van der Waals surface area contributed by atoms with E-state index in [-0.39, 0.29) is 12.2 Å². The second-order valence-corrected chi connectivity index (χ2v) is 10.8. The molecule has 2 N–H and O–H groups in total. The monoisotopic (exact) mass is 541 g/mol. The van der Waals surface area contributed by atoms with Crippen LogP contribution in [-0.2, 0) is 27.1 Å². The summed E-state index contributed by atoms with van der Waals surface area (Å²) < 4.78 is 26.4. The molecule has 214 valence electrons. The minimum Gasteiger partial charge on any atom is -0.480 e. The van der Waals surface area contributed by atoms with E-state index in [2.05, 4.69) is 24.4 Å². The Balaban J connectivity index is 1.28. The molecule has 0 radical (unpaired) electrons. The van der Waals surface area contributed by atoms with Crippen molar-refractivity contribution in [2.45, 2.75) is 89.9 Å². The average molecular weight is 542 g/mol. The Morgan fingerprint density at radius 3 is 2.85 bits per heavy atom. The molecule has 3 heterocycles. The molecule has 2 aliphatic heterocycles. The summed E-state index contributed by atoms with van der Waals surface area (Å²) in [7, 11) is 0. The van der Waals surface area contributed by atoms with Crippen molar-refractivity contribution in [2.75, 3.05) is 38.2 Å². The van der Waals surface area contributed by atoms with Gasteiger partial charge in [0, 0.05) is 38.5 Å². The molecule has 3 unspecified atom stereocenters. The lowest BCUT2D eigenvalue weighted by Gasteiger charge is -2.28. The highest BCUT2D eigenvalue weighted by Gasteiger charge is 2.36. The average Bonchev–Trinajstić information content (AvgIpc) is 3.39. The number of hydrogen-bond acceptors (Lipinski definition) is 6. The van der Waals surface area contributed by atoms with Gasteiger partial charge in [0.05, 0.1) is 12.2 Å². The first kappa shape index (κ1) is 29.4. The minimum absolute atomic E-state index is 0.0300. The van der Waals surface area contributed by atoms with Gasteiger partial charge in [0.15, 0.2) is 0 Å². The number of halogens is 1. The van der Waals surface area contributed by atoms with Crippen molar-refractivity contribution >= 4 is 11.8 Å². The summed E-state index contributed by atoms with van der Waals surface area (Å²) in [5, 5.41) is 13.6. The van der Waals surface area contributed by atoms with E-state index in [4.69, 9.17) is 14.5 Å². The molecule has 0 aliphatic carbocycles. The highest BCUT2D eigenvalue weighted by atomic mass is 19.1. The molecular weight excluding hydrogens is 497 g/mol. The van der Waals surface area contributed by atoms with Crippen molar-refractivity contribution in [3.8, 4) is 0 Å². The van der Waals surface area contributed by atoms with Crippen molar-refractivity contribution in [3.63, 3.8) is 0 Å². The first-order chi connectivity index (χ1) is 19.0. The number of aliphatic carboxylic acids is 1. The van der Waals surface area contributed by atoms with Crippen LogP contribution >= 0.6 is 0 Å². The van der Waals surface area contributed by atoms with Crippen molar-refractivity contribution in [2.24, 2.45) is 0 Å². The number of benzene rings is 1. The third-order valence-corrected chi connectivity index (χ3v) is 7.81. The van der Waals surface area contributed by atoms with E-state index in [0.29, 0.717) is 31.9 Å². The van der Waals surface area contributed by atoms with Crippen LogP contribution in [0.4, 0.5) is 10.2 Å². The predicted octanol–water partition coefficient (Wildman–Crippen LogP) is 6.09. The molecule has 0 amide bonds. The molecular formula is C31H44FN3O4. The zero-order valence-corrected chi connectivity index (χ0v) is 23.5. The second kappa shape index (κ2) is 14.7. The Labute approximate surface area is 232 Å². The van der Waals surface area contributed by atoms with Crippen LogP contribution in [0.1, 0.15) is 93.3 Å². The van der Waals surface area contributed by atoms with Crippen LogP contribution in [0.2, 0.25) is 0 Å². The fourth-order valence-electron chi connectivity index (χ4n) is 5.63. The Bertz CT molecular complexity index is 1080. The number of carbonyl (C=O) groups is 1. The Morgan fingerprint density at radius 2 is 2.03 bits per heavy atom. The molecule has 39 heavy (non-hydrogen) atoms. The third-order valence-electron chi connectivity index (χ3n) is 7.81. The number of aromatic nitrogens is 1. The van der Waals surface area contributed by atoms with E-state index in [9.17, 15) is 14.3 Å². The number of carboxylic acid groups (broad SMARTS) is 1. The van der Waals surface area contributed by atoms with Gasteiger partial charge in [0.1, 0.15) is 17.7 Å². The third kappa shape index (κ3) is 8.22. The molecule has 2 aromatic rings. The van der Waals surface area contributed by atoms with E-state index >= 15 is 0 Å². The first-order valence-corrected chi connectivity index (χ1v) is 14.7. The molecule has 3 atom stereocenters. The quantitative estimate of drug-likeness (QED) is 0.264. The fourth-order valence-corrected chi connectivity index (χ4v) is 5.63. The smallest absolute Gasteiger partial charge is 0.325 e. The zero-order valence-electron chi connectivity index (χ0n) is 23.5. The number of ether oxygens (including phenoxy) is 2. The van der Waals surface area contributed by atoms with Gasteiger partial charge in [0.2, 0.25) is 0 Å². The van der Waals surface area contributed by atoms with Crippen molar-refractivity contribution in [3.05, 3.63) is 58.5 Å². The van der Waals surface area contributed by atoms with Crippen LogP contribution in [-0.4, -0.2) is 59.9 Å². The normalized spacial score (nSPS) is 18.9. The number of rotatable bonds is 15. The number of unbranched alkanes of at least 4 members (excludes halogenated alkanes) is 3. The van der Waals surface area contributed by atoms with Crippen LogP contribution in [0.5, 0.6) is 0 Å². The van der Waals surface area contributed by atoms with E-state index in [0.717, 1.165) is 81.4 Å². The minimum atomic E-state index is -0.979. The highest BCUT2D eigenvalue weighted by molar-refractivity contribution is 5.76. The SMILES string of the molecule is CCCCCOC(C)c1ccc(F)cc1C(C(=O)O)N1CCC(OCCCCc2ccc3c(n2)NCCC3)C1. The van der Waals surface area contributed by atoms with Gasteiger partial charge in [0.25, 0.3) is 0 Å². The molecule has 0 saturated carbocycles. The van der Waals surface area contributed by atoms with Gasteiger partial charge < -0.3 is 19.9 Å². The maximum atomic E-state index is 14.3. The Kier molecular flexibility index (Phi) is 11.1. The van der Waals surface area contributed by atoms with E-state index in [1.807, 2.05) is 11.8 Å². The van der Waals surface area contributed by atoms with E-state index in [1.165, 1.54) is 17.7 Å². The number of nitrogens with zero attached hydrogens (tertiary/aromatic N) is 2. The predicted molar refractivity (Wildman–Crippen MR) is 151 cm³/mol. The standard InChI is InChI=1S/C31H44FN3O4/c1-3-4-6-18-38-22(2)27-14-12-24(32)20-28(27)29(31(36)37)35-17-15-26(21-35)39-19-7-5-10-25-13-11-23-9-8-16-33-30(23)34-25/h11-14,20,22,26,29H,3-10,15-19,21H2,1-2H3,(H,33,34)(H,36,37). The maximum Gasteiger partial charge on any atom is 0.325 e. The van der Waals surface area contributed by atoms with Gasteiger partial charge in [-0.25, -0.2) is 9.37 Å². The summed E-state index contributed by atoms with van der Waals surface area (Å²) >= 11 is 0.